The summed E-state index contributed by atoms with van der Waals surface area (Å²) in [5, 5.41) is 7.78. The van der Waals surface area contributed by atoms with Gasteiger partial charge >= 0.3 is 0 Å². The maximum Gasteiger partial charge on any atom is 0.269 e. The smallest absolute Gasteiger partial charge is 0.269 e. The average Bonchev–Trinajstić information content (AvgIpc) is 3.10. The van der Waals surface area contributed by atoms with Gasteiger partial charge in [-0.2, -0.15) is 0 Å². The summed E-state index contributed by atoms with van der Waals surface area (Å²) in [5.41, 5.74) is 10.8. The van der Waals surface area contributed by atoms with Gasteiger partial charge in [0.2, 0.25) is 0 Å². The van der Waals surface area contributed by atoms with Crippen molar-refractivity contribution in [1.29, 1.82) is 0 Å². The van der Waals surface area contributed by atoms with E-state index in [-0.39, 0.29) is 5.69 Å². The predicted molar refractivity (Wildman–Crippen MR) is 60.0 cm³/mol. The molecule has 0 aliphatic heterocycles. The van der Waals surface area contributed by atoms with Crippen molar-refractivity contribution in [3.8, 4) is 0 Å². The molecule has 1 saturated carbocycles. The fourth-order valence-electron chi connectivity index (χ4n) is 1.62. The number of hydrogen-bond acceptors (Lipinski definition) is 5. The van der Waals surface area contributed by atoms with Crippen molar-refractivity contribution in [2.75, 3.05) is 18.0 Å². The van der Waals surface area contributed by atoms with Gasteiger partial charge in [-0.25, -0.2) is 0 Å². The second-order valence-corrected chi connectivity index (χ2v) is 3.85. The topological polar surface area (TPSA) is 98.1 Å². The maximum atomic E-state index is 10.8. The van der Waals surface area contributed by atoms with Crippen molar-refractivity contribution >= 4 is 11.7 Å². The monoisotopic (exact) mass is 221 g/mol. The van der Waals surface area contributed by atoms with Gasteiger partial charge in [-0.15, -0.1) is 10.2 Å². The van der Waals surface area contributed by atoms with E-state index < -0.39 is 5.91 Å². The fraction of sp³-hybridized carbons (Fsp3) is 0.500. The zero-order chi connectivity index (χ0) is 11.5. The van der Waals surface area contributed by atoms with Crippen LogP contribution in [0.2, 0.25) is 0 Å². The van der Waals surface area contributed by atoms with E-state index in [9.17, 15) is 4.79 Å². The first-order chi connectivity index (χ1) is 7.72. The summed E-state index contributed by atoms with van der Waals surface area (Å²) in [6.45, 7) is 1.34. The van der Waals surface area contributed by atoms with E-state index in [1.54, 1.807) is 12.1 Å². The Morgan fingerprint density at radius 1 is 1.44 bits per heavy atom. The second kappa shape index (κ2) is 4.44. The highest BCUT2D eigenvalue weighted by molar-refractivity contribution is 5.90. The lowest BCUT2D eigenvalue weighted by Crippen LogP contribution is -2.32. The van der Waals surface area contributed by atoms with E-state index in [0.29, 0.717) is 12.6 Å². The van der Waals surface area contributed by atoms with Crippen LogP contribution in [-0.2, 0) is 0 Å². The summed E-state index contributed by atoms with van der Waals surface area (Å²) in [4.78, 5) is 13.0. The van der Waals surface area contributed by atoms with E-state index in [1.807, 2.05) is 0 Å². The van der Waals surface area contributed by atoms with Crippen molar-refractivity contribution in [2.24, 2.45) is 11.5 Å². The number of primary amides is 1. The molecule has 16 heavy (non-hydrogen) atoms. The Kier molecular flexibility index (Phi) is 3.00. The van der Waals surface area contributed by atoms with Crippen molar-refractivity contribution in [3.05, 3.63) is 17.8 Å². The van der Waals surface area contributed by atoms with Crippen LogP contribution < -0.4 is 16.4 Å². The number of anilines is 1. The lowest BCUT2D eigenvalue weighted by Gasteiger charge is -2.21. The Balaban J connectivity index is 2.14. The van der Waals surface area contributed by atoms with Crippen LogP contribution in [0.25, 0.3) is 0 Å². The Morgan fingerprint density at radius 2 is 2.19 bits per heavy atom. The SMILES string of the molecule is NCCN(c1ccc(C(N)=O)nn1)C1CC1. The van der Waals surface area contributed by atoms with Gasteiger partial charge in [0.05, 0.1) is 0 Å². The van der Waals surface area contributed by atoms with E-state index in [2.05, 4.69) is 15.1 Å². The summed E-state index contributed by atoms with van der Waals surface area (Å²) in [6, 6.07) is 3.88. The number of carbonyl (C=O) groups is 1. The molecule has 0 aromatic carbocycles. The minimum atomic E-state index is -0.559. The molecule has 1 aliphatic carbocycles. The Hall–Kier alpha value is -1.69. The highest BCUT2D eigenvalue weighted by Gasteiger charge is 2.29. The van der Waals surface area contributed by atoms with Crippen LogP contribution in [0.5, 0.6) is 0 Å². The van der Waals surface area contributed by atoms with Crippen molar-refractivity contribution < 1.29 is 4.79 Å². The first kappa shape index (κ1) is 10.8. The Bertz CT molecular complexity index is 373. The molecule has 1 amide bonds. The van der Waals surface area contributed by atoms with Crippen LogP contribution in [0.1, 0.15) is 23.3 Å². The highest BCUT2D eigenvalue weighted by Crippen LogP contribution is 2.29. The zero-order valence-electron chi connectivity index (χ0n) is 8.97. The number of carbonyl (C=O) groups excluding carboxylic acids is 1. The summed E-state index contributed by atoms with van der Waals surface area (Å²) >= 11 is 0. The van der Waals surface area contributed by atoms with Crippen LogP contribution >= 0.6 is 0 Å². The number of nitrogens with zero attached hydrogens (tertiary/aromatic N) is 3. The molecule has 0 saturated heterocycles. The lowest BCUT2D eigenvalue weighted by atomic mass is 10.3. The summed E-state index contributed by atoms with van der Waals surface area (Å²) in [5.74, 6) is 0.203. The summed E-state index contributed by atoms with van der Waals surface area (Å²) in [7, 11) is 0. The molecule has 86 valence electrons. The second-order valence-electron chi connectivity index (χ2n) is 3.85. The molecule has 6 heteroatoms. The standard InChI is InChI=1S/C10H15N5O/c11-5-6-15(7-1-2-7)9-4-3-8(10(12)16)13-14-9/h3-4,7H,1-2,5-6,11H2,(H2,12,16). The zero-order valence-corrected chi connectivity index (χ0v) is 8.97. The molecule has 4 N–H and O–H groups in total. The summed E-state index contributed by atoms with van der Waals surface area (Å²) in [6.07, 6.45) is 2.33. The molecule has 0 spiro atoms. The number of nitrogens with two attached hydrogens (primary N) is 2. The van der Waals surface area contributed by atoms with E-state index in [0.717, 1.165) is 12.4 Å². The van der Waals surface area contributed by atoms with E-state index >= 15 is 0 Å². The molecule has 1 heterocycles. The largest absolute Gasteiger partial charge is 0.364 e. The molecule has 1 aromatic heterocycles. The molecule has 1 aromatic rings. The van der Waals surface area contributed by atoms with Gasteiger partial charge in [-0.3, -0.25) is 4.79 Å². The van der Waals surface area contributed by atoms with Gasteiger partial charge in [0, 0.05) is 19.1 Å². The van der Waals surface area contributed by atoms with Crippen LogP contribution in [0.3, 0.4) is 0 Å². The third-order valence-electron chi connectivity index (χ3n) is 2.55. The molecule has 0 bridgehead atoms. The number of hydrogen-bond donors (Lipinski definition) is 2. The quantitative estimate of drug-likeness (QED) is 0.698. The number of rotatable bonds is 5. The lowest BCUT2D eigenvalue weighted by molar-refractivity contribution is 0.0994. The molecule has 0 unspecified atom stereocenters. The molecule has 6 nitrogen and oxygen atoms in total. The fourth-order valence-corrected chi connectivity index (χ4v) is 1.62. The van der Waals surface area contributed by atoms with Crippen molar-refractivity contribution in [2.45, 2.75) is 18.9 Å². The van der Waals surface area contributed by atoms with E-state index in [1.165, 1.54) is 12.8 Å². The van der Waals surface area contributed by atoms with Gasteiger partial charge in [-0.1, -0.05) is 0 Å². The Morgan fingerprint density at radius 3 is 2.62 bits per heavy atom. The van der Waals surface area contributed by atoms with Gasteiger partial charge in [-0.05, 0) is 25.0 Å². The minimum absolute atomic E-state index is 0.187. The number of amides is 1. The van der Waals surface area contributed by atoms with Crippen LogP contribution in [-0.4, -0.2) is 35.2 Å². The first-order valence-corrected chi connectivity index (χ1v) is 5.32. The van der Waals surface area contributed by atoms with Gasteiger partial charge in [0.15, 0.2) is 11.5 Å². The molecule has 0 atom stereocenters. The molecule has 1 aliphatic rings. The molecular formula is C10H15N5O. The third kappa shape index (κ3) is 2.27. The minimum Gasteiger partial charge on any atom is -0.364 e. The van der Waals surface area contributed by atoms with Crippen LogP contribution in [0.15, 0.2) is 12.1 Å². The molecular weight excluding hydrogens is 206 g/mol. The maximum absolute atomic E-state index is 10.8. The Labute approximate surface area is 93.6 Å². The number of aromatic nitrogens is 2. The highest BCUT2D eigenvalue weighted by atomic mass is 16.1. The third-order valence-corrected chi connectivity index (χ3v) is 2.55. The van der Waals surface area contributed by atoms with E-state index in [4.69, 9.17) is 11.5 Å². The summed E-state index contributed by atoms with van der Waals surface area (Å²) < 4.78 is 0. The van der Waals surface area contributed by atoms with Crippen LogP contribution in [0, 0.1) is 0 Å². The van der Waals surface area contributed by atoms with Gasteiger partial charge in [0.25, 0.3) is 5.91 Å². The van der Waals surface area contributed by atoms with Crippen molar-refractivity contribution in [1.82, 2.24) is 10.2 Å². The normalized spacial score (nSPS) is 14.8. The van der Waals surface area contributed by atoms with Gasteiger partial charge in [0.1, 0.15) is 0 Å². The first-order valence-electron chi connectivity index (χ1n) is 5.32. The average molecular weight is 221 g/mol. The molecule has 0 radical (unpaired) electrons. The van der Waals surface area contributed by atoms with Crippen molar-refractivity contribution in [3.63, 3.8) is 0 Å². The van der Waals surface area contributed by atoms with Gasteiger partial charge < -0.3 is 16.4 Å². The van der Waals surface area contributed by atoms with Crippen LogP contribution in [0.4, 0.5) is 5.82 Å². The predicted octanol–water partition coefficient (Wildman–Crippen LogP) is -0.497. The molecule has 2 rings (SSSR count). The molecule has 1 fully saturated rings.